The van der Waals surface area contributed by atoms with Gasteiger partial charge in [0.2, 0.25) is 0 Å². The highest BCUT2D eigenvalue weighted by Crippen LogP contribution is 2.19. The quantitative estimate of drug-likeness (QED) is 0.728. The van der Waals surface area contributed by atoms with Crippen molar-refractivity contribution in [1.29, 1.82) is 5.26 Å². The molecule has 5 nitrogen and oxygen atoms in total. The van der Waals surface area contributed by atoms with Crippen LogP contribution in [0, 0.1) is 18.3 Å². The van der Waals surface area contributed by atoms with Crippen LogP contribution in [0.5, 0.6) is 0 Å². The molecule has 0 aliphatic carbocycles. The van der Waals surface area contributed by atoms with E-state index in [2.05, 4.69) is 15.5 Å². The molecule has 5 heteroatoms. The smallest absolute Gasteiger partial charge is 0.183 e. The molecule has 0 saturated heterocycles. The summed E-state index contributed by atoms with van der Waals surface area (Å²) in [6, 6.07) is 9.83. The van der Waals surface area contributed by atoms with Gasteiger partial charge >= 0.3 is 0 Å². The summed E-state index contributed by atoms with van der Waals surface area (Å²) in [4.78, 5) is 0. The van der Waals surface area contributed by atoms with Crippen LogP contribution in [-0.2, 0) is 6.54 Å². The standard InChI is InChI=1S/C10H9N5/c1-8-4-2-3-5-9(8)10-12-13-14-15(10)7-6-11/h2-5H,7H2,1H3. The summed E-state index contributed by atoms with van der Waals surface area (Å²) >= 11 is 0. The molecule has 0 bridgehead atoms. The van der Waals surface area contributed by atoms with Crippen molar-refractivity contribution in [3.05, 3.63) is 29.8 Å². The SMILES string of the molecule is Cc1ccccc1-c1nnnn1CC#N. The summed E-state index contributed by atoms with van der Waals surface area (Å²) in [5.41, 5.74) is 2.05. The molecule has 0 unspecified atom stereocenters. The summed E-state index contributed by atoms with van der Waals surface area (Å²) in [6.07, 6.45) is 0. The van der Waals surface area contributed by atoms with Crippen molar-refractivity contribution in [3.8, 4) is 17.5 Å². The Balaban J connectivity index is 2.51. The molecule has 74 valence electrons. The Morgan fingerprint density at radius 1 is 1.40 bits per heavy atom. The minimum absolute atomic E-state index is 0.163. The molecule has 15 heavy (non-hydrogen) atoms. The van der Waals surface area contributed by atoms with E-state index in [1.807, 2.05) is 37.3 Å². The van der Waals surface area contributed by atoms with Crippen LogP contribution in [0.2, 0.25) is 0 Å². The zero-order chi connectivity index (χ0) is 10.7. The number of tetrazole rings is 1. The first kappa shape index (κ1) is 9.34. The van der Waals surface area contributed by atoms with E-state index in [1.54, 1.807) is 0 Å². The zero-order valence-corrected chi connectivity index (χ0v) is 8.25. The summed E-state index contributed by atoms with van der Waals surface area (Å²) in [7, 11) is 0. The van der Waals surface area contributed by atoms with Gasteiger partial charge < -0.3 is 0 Å². The van der Waals surface area contributed by atoms with Gasteiger partial charge in [0.25, 0.3) is 0 Å². The molecule has 0 N–H and O–H groups in total. The summed E-state index contributed by atoms with van der Waals surface area (Å²) in [6.45, 7) is 2.15. The number of benzene rings is 1. The minimum atomic E-state index is 0.163. The largest absolute Gasteiger partial charge is 0.211 e. The van der Waals surface area contributed by atoms with Crippen LogP contribution in [0.25, 0.3) is 11.4 Å². The highest BCUT2D eigenvalue weighted by atomic mass is 15.5. The molecule has 0 spiro atoms. The fourth-order valence-electron chi connectivity index (χ4n) is 1.39. The maximum absolute atomic E-state index is 8.61. The van der Waals surface area contributed by atoms with Crippen molar-refractivity contribution in [3.63, 3.8) is 0 Å². The molecular weight excluding hydrogens is 190 g/mol. The van der Waals surface area contributed by atoms with E-state index < -0.39 is 0 Å². The molecule has 1 aromatic carbocycles. The normalized spacial score (nSPS) is 9.87. The Bertz CT molecular complexity index is 509. The van der Waals surface area contributed by atoms with Crippen LogP contribution in [0.3, 0.4) is 0 Å². The van der Waals surface area contributed by atoms with E-state index in [0.717, 1.165) is 11.1 Å². The Labute approximate surface area is 87.0 Å². The van der Waals surface area contributed by atoms with Gasteiger partial charge in [0, 0.05) is 5.56 Å². The number of aryl methyl sites for hydroxylation is 1. The molecular formula is C10H9N5. The first-order valence-corrected chi connectivity index (χ1v) is 4.52. The van der Waals surface area contributed by atoms with E-state index in [0.29, 0.717) is 5.82 Å². The Morgan fingerprint density at radius 3 is 2.93 bits per heavy atom. The molecule has 0 aliphatic rings. The van der Waals surface area contributed by atoms with Gasteiger partial charge in [0.1, 0.15) is 6.54 Å². The predicted octanol–water partition coefficient (Wildman–Crippen LogP) is 1.17. The lowest BCUT2D eigenvalue weighted by atomic mass is 10.1. The highest BCUT2D eigenvalue weighted by Gasteiger charge is 2.09. The van der Waals surface area contributed by atoms with Crippen molar-refractivity contribution in [2.24, 2.45) is 0 Å². The zero-order valence-electron chi connectivity index (χ0n) is 8.25. The van der Waals surface area contributed by atoms with Gasteiger partial charge in [-0.3, -0.25) is 0 Å². The Morgan fingerprint density at radius 2 is 2.20 bits per heavy atom. The van der Waals surface area contributed by atoms with Gasteiger partial charge in [-0.25, -0.2) is 4.68 Å². The van der Waals surface area contributed by atoms with Crippen LogP contribution < -0.4 is 0 Å². The van der Waals surface area contributed by atoms with Crippen LogP contribution in [0.4, 0.5) is 0 Å². The molecule has 0 radical (unpaired) electrons. The lowest BCUT2D eigenvalue weighted by Gasteiger charge is -2.03. The van der Waals surface area contributed by atoms with Crippen molar-refractivity contribution < 1.29 is 0 Å². The molecule has 0 amide bonds. The summed E-state index contributed by atoms with van der Waals surface area (Å²) < 4.78 is 1.49. The lowest BCUT2D eigenvalue weighted by Crippen LogP contribution is -2.01. The van der Waals surface area contributed by atoms with Crippen molar-refractivity contribution in [1.82, 2.24) is 20.2 Å². The third kappa shape index (κ3) is 1.70. The molecule has 1 heterocycles. The fourth-order valence-corrected chi connectivity index (χ4v) is 1.39. The van der Waals surface area contributed by atoms with Gasteiger partial charge in [-0.1, -0.05) is 24.3 Å². The van der Waals surface area contributed by atoms with E-state index in [-0.39, 0.29) is 6.54 Å². The molecule has 2 rings (SSSR count). The molecule has 2 aromatic rings. The van der Waals surface area contributed by atoms with Gasteiger partial charge in [-0.15, -0.1) is 5.10 Å². The molecule has 0 atom stereocenters. The minimum Gasteiger partial charge on any atom is -0.211 e. The van der Waals surface area contributed by atoms with Crippen molar-refractivity contribution in [2.45, 2.75) is 13.5 Å². The number of rotatable bonds is 2. The highest BCUT2D eigenvalue weighted by molar-refractivity contribution is 5.59. The van der Waals surface area contributed by atoms with Crippen LogP contribution in [0.1, 0.15) is 5.56 Å². The summed E-state index contributed by atoms with van der Waals surface area (Å²) in [5.74, 6) is 0.634. The molecule has 0 saturated carbocycles. The van der Waals surface area contributed by atoms with Gasteiger partial charge in [0.15, 0.2) is 5.82 Å². The van der Waals surface area contributed by atoms with Gasteiger partial charge in [0.05, 0.1) is 6.07 Å². The Hall–Kier alpha value is -2.22. The first-order chi connectivity index (χ1) is 7.33. The third-order valence-electron chi connectivity index (χ3n) is 2.14. The summed E-state index contributed by atoms with van der Waals surface area (Å²) in [5, 5.41) is 19.9. The number of nitriles is 1. The molecule has 0 aliphatic heterocycles. The van der Waals surface area contributed by atoms with Crippen molar-refractivity contribution >= 4 is 0 Å². The average molecular weight is 199 g/mol. The van der Waals surface area contributed by atoms with E-state index in [1.165, 1.54) is 4.68 Å². The maximum atomic E-state index is 8.61. The van der Waals surface area contributed by atoms with Crippen LogP contribution in [0.15, 0.2) is 24.3 Å². The topological polar surface area (TPSA) is 67.4 Å². The second-order valence-electron chi connectivity index (χ2n) is 3.13. The van der Waals surface area contributed by atoms with E-state index >= 15 is 0 Å². The second kappa shape index (κ2) is 3.88. The van der Waals surface area contributed by atoms with E-state index in [4.69, 9.17) is 5.26 Å². The monoisotopic (exact) mass is 199 g/mol. The fraction of sp³-hybridized carbons (Fsp3) is 0.200. The lowest BCUT2D eigenvalue weighted by molar-refractivity contribution is 0.671. The average Bonchev–Trinajstić information content (AvgIpc) is 2.67. The second-order valence-corrected chi connectivity index (χ2v) is 3.13. The molecule has 0 fully saturated rings. The Kier molecular flexibility index (Phi) is 2.42. The number of hydrogen-bond acceptors (Lipinski definition) is 4. The van der Waals surface area contributed by atoms with Gasteiger partial charge in [-0.2, -0.15) is 5.26 Å². The number of aromatic nitrogens is 4. The number of nitrogens with zero attached hydrogens (tertiary/aromatic N) is 5. The van der Waals surface area contributed by atoms with Crippen LogP contribution >= 0.6 is 0 Å². The van der Waals surface area contributed by atoms with E-state index in [9.17, 15) is 0 Å². The first-order valence-electron chi connectivity index (χ1n) is 4.52. The van der Waals surface area contributed by atoms with Crippen LogP contribution in [-0.4, -0.2) is 20.2 Å². The molecule has 1 aromatic heterocycles. The number of hydrogen-bond donors (Lipinski definition) is 0. The third-order valence-corrected chi connectivity index (χ3v) is 2.14. The van der Waals surface area contributed by atoms with Gasteiger partial charge in [-0.05, 0) is 22.9 Å². The predicted molar refractivity (Wildman–Crippen MR) is 53.6 cm³/mol. The maximum Gasteiger partial charge on any atom is 0.183 e. The van der Waals surface area contributed by atoms with Crippen molar-refractivity contribution in [2.75, 3.05) is 0 Å².